The molecule has 2 aromatic carbocycles. The highest BCUT2D eigenvalue weighted by Gasteiger charge is 2.24. The molecule has 9 nitrogen and oxygen atoms in total. The van der Waals surface area contributed by atoms with Crippen LogP contribution < -0.4 is 4.74 Å². The standard InChI is InChI=1S/C32H29F2N5O4/c33-25-16-24(27-5-3-6-31(36-27)43-18-21-15-22-4-1-2-10-39(22)37-21)26(34)12-20(25)14-30-35-28-8-7-19(32(40)41)13-29(28)38(30)17-23-9-11-42-23/h3,5-8,12-13,15-16,23H,1-2,4,9-11,14,17-18H2,(H,40,41). The van der Waals surface area contributed by atoms with E-state index in [1.807, 2.05) is 15.3 Å². The molecule has 5 aromatic rings. The highest BCUT2D eigenvalue weighted by molar-refractivity contribution is 5.92. The highest BCUT2D eigenvalue weighted by Crippen LogP contribution is 2.29. The number of aryl methyl sites for hydroxylation is 2. The molecule has 0 aliphatic carbocycles. The van der Waals surface area contributed by atoms with Crippen LogP contribution in [-0.4, -0.2) is 48.1 Å². The van der Waals surface area contributed by atoms with Crippen LogP contribution in [-0.2, 0) is 37.3 Å². The largest absolute Gasteiger partial charge is 0.478 e. The van der Waals surface area contributed by atoms with E-state index in [1.54, 1.807) is 30.3 Å². The third-order valence-corrected chi connectivity index (χ3v) is 8.07. The fraction of sp³-hybridized carbons (Fsp3) is 0.312. The Labute approximate surface area is 245 Å². The van der Waals surface area contributed by atoms with Gasteiger partial charge in [0, 0.05) is 36.9 Å². The Morgan fingerprint density at radius 1 is 1.07 bits per heavy atom. The van der Waals surface area contributed by atoms with Gasteiger partial charge in [-0.15, -0.1) is 0 Å². The van der Waals surface area contributed by atoms with Crippen LogP contribution in [0.5, 0.6) is 5.88 Å². The molecular weight excluding hydrogens is 556 g/mol. The van der Waals surface area contributed by atoms with Crippen molar-refractivity contribution in [2.45, 2.75) is 57.9 Å². The summed E-state index contributed by atoms with van der Waals surface area (Å²) in [5.74, 6) is -1.49. The van der Waals surface area contributed by atoms with Gasteiger partial charge in [-0.1, -0.05) is 6.07 Å². The molecule has 220 valence electrons. The molecular formula is C32H29F2N5O4. The third kappa shape index (κ3) is 5.48. The molecule has 1 atom stereocenters. The van der Waals surface area contributed by atoms with Gasteiger partial charge < -0.3 is 19.1 Å². The highest BCUT2D eigenvalue weighted by atomic mass is 19.1. The normalized spacial score (nSPS) is 16.2. The quantitative estimate of drug-likeness (QED) is 0.241. The topological polar surface area (TPSA) is 104 Å². The first-order valence-electron chi connectivity index (χ1n) is 14.4. The number of carbonyl (C=O) groups is 1. The maximum Gasteiger partial charge on any atom is 0.335 e. The number of hydrogen-bond donors (Lipinski definition) is 1. The number of carboxylic acid groups (broad SMARTS) is 1. The van der Waals surface area contributed by atoms with Crippen molar-refractivity contribution in [3.63, 3.8) is 0 Å². The molecule has 1 saturated heterocycles. The number of rotatable bonds is 9. The van der Waals surface area contributed by atoms with Crippen LogP contribution >= 0.6 is 0 Å². The lowest BCUT2D eigenvalue weighted by atomic mass is 10.0. The molecule has 7 rings (SSSR count). The minimum atomic E-state index is -1.05. The Balaban J connectivity index is 1.13. The van der Waals surface area contributed by atoms with E-state index in [0.29, 0.717) is 35.9 Å². The Bertz CT molecular complexity index is 1820. The number of imidazole rings is 1. The summed E-state index contributed by atoms with van der Waals surface area (Å²) in [7, 11) is 0. The van der Waals surface area contributed by atoms with E-state index < -0.39 is 17.6 Å². The predicted octanol–water partition coefficient (Wildman–Crippen LogP) is 5.57. The van der Waals surface area contributed by atoms with Gasteiger partial charge in [0.15, 0.2) is 0 Å². The van der Waals surface area contributed by atoms with Crippen molar-refractivity contribution in [2.75, 3.05) is 6.61 Å². The second kappa shape index (κ2) is 11.2. The summed E-state index contributed by atoms with van der Waals surface area (Å²) >= 11 is 0. The molecule has 1 unspecified atom stereocenters. The van der Waals surface area contributed by atoms with Crippen LogP contribution in [0.1, 0.15) is 52.4 Å². The molecule has 0 spiro atoms. The molecule has 0 bridgehead atoms. The Hall–Kier alpha value is -4.64. The van der Waals surface area contributed by atoms with Gasteiger partial charge in [-0.2, -0.15) is 5.10 Å². The maximum absolute atomic E-state index is 15.5. The average Bonchev–Trinajstić information content (AvgIpc) is 3.55. The van der Waals surface area contributed by atoms with E-state index in [0.717, 1.165) is 44.0 Å². The molecule has 5 heterocycles. The number of fused-ring (bicyclic) bond motifs is 2. The molecule has 43 heavy (non-hydrogen) atoms. The monoisotopic (exact) mass is 585 g/mol. The number of ether oxygens (including phenoxy) is 2. The summed E-state index contributed by atoms with van der Waals surface area (Å²) in [6.45, 7) is 2.23. The molecule has 2 aliphatic heterocycles. The van der Waals surface area contributed by atoms with Crippen LogP contribution in [0.3, 0.4) is 0 Å². The lowest BCUT2D eigenvalue weighted by Gasteiger charge is -2.27. The van der Waals surface area contributed by atoms with Gasteiger partial charge in [0.2, 0.25) is 5.88 Å². The minimum absolute atomic E-state index is 0.0120. The maximum atomic E-state index is 15.5. The summed E-state index contributed by atoms with van der Waals surface area (Å²) in [6, 6.07) is 14.0. The second-order valence-electron chi connectivity index (χ2n) is 11.0. The summed E-state index contributed by atoms with van der Waals surface area (Å²) in [5, 5.41) is 14.1. The number of aromatic carboxylic acids is 1. The van der Waals surface area contributed by atoms with Crippen molar-refractivity contribution in [1.29, 1.82) is 0 Å². The lowest BCUT2D eigenvalue weighted by molar-refractivity contribution is -0.0589. The van der Waals surface area contributed by atoms with Crippen molar-refractivity contribution in [1.82, 2.24) is 24.3 Å². The Kier molecular flexibility index (Phi) is 7.10. The summed E-state index contributed by atoms with van der Waals surface area (Å²) in [4.78, 5) is 20.6. The van der Waals surface area contributed by atoms with Gasteiger partial charge >= 0.3 is 5.97 Å². The number of aromatic nitrogens is 5. The van der Waals surface area contributed by atoms with Crippen LogP contribution in [0.25, 0.3) is 22.3 Å². The van der Waals surface area contributed by atoms with E-state index in [2.05, 4.69) is 15.1 Å². The number of carboxylic acids is 1. The molecule has 1 N–H and O–H groups in total. The Morgan fingerprint density at radius 2 is 1.95 bits per heavy atom. The molecule has 11 heteroatoms. The van der Waals surface area contributed by atoms with E-state index in [1.165, 1.54) is 17.8 Å². The van der Waals surface area contributed by atoms with Gasteiger partial charge in [0.05, 0.1) is 34.9 Å². The molecule has 0 saturated carbocycles. The number of pyridine rings is 1. The Morgan fingerprint density at radius 3 is 2.74 bits per heavy atom. The summed E-state index contributed by atoms with van der Waals surface area (Å²) in [6.07, 6.45) is 4.09. The minimum Gasteiger partial charge on any atom is -0.478 e. The first-order chi connectivity index (χ1) is 20.9. The fourth-order valence-corrected chi connectivity index (χ4v) is 5.71. The lowest BCUT2D eigenvalue weighted by Crippen LogP contribution is -2.31. The van der Waals surface area contributed by atoms with Crippen molar-refractivity contribution >= 4 is 17.0 Å². The second-order valence-corrected chi connectivity index (χ2v) is 11.0. The van der Waals surface area contributed by atoms with E-state index in [9.17, 15) is 9.90 Å². The molecule has 0 radical (unpaired) electrons. The predicted molar refractivity (Wildman–Crippen MR) is 153 cm³/mol. The van der Waals surface area contributed by atoms with Gasteiger partial charge in [-0.25, -0.2) is 23.5 Å². The molecule has 1 fully saturated rings. The van der Waals surface area contributed by atoms with E-state index in [-0.39, 0.29) is 41.5 Å². The van der Waals surface area contributed by atoms with Crippen LogP contribution in [0.4, 0.5) is 8.78 Å². The third-order valence-electron chi connectivity index (χ3n) is 8.07. The SMILES string of the molecule is O=C(O)c1ccc2nc(Cc3cc(F)c(-c4cccc(OCc5cc6n(n5)CCCC6)n4)cc3F)n(CC3CCO3)c2c1. The van der Waals surface area contributed by atoms with Crippen LogP contribution in [0.15, 0.2) is 54.6 Å². The van der Waals surface area contributed by atoms with Crippen LogP contribution in [0, 0.1) is 11.6 Å². The number of hydrogen-bond acceptors (Lipinski definition) is 6. The van der Waals surface area contributed by atoms with Crippen LogP contribution in [0.2, 0.25) is 0 Å². The van der Waals surface area contributed by atoms with E-state index in [4.69, 9.17) is 9.47 Å². The molecule has 2 aliphatic rings. The van der Waals surface area contributed by atoms with Crippen molar-refractivity contribution in [2.24, 2.45) is 0 Å². The van der Waals surface area contributed by atoms with Crippen molar-refractivity contribution in [3.05, 3.63) is 94.6 Å². The van der Waals surface area contributed by atoms with E-state index >= 15 is 8.78 Å². The van der Waals surface area contributed by atoms with Gasteiger partial charge in [-0.05, 0) is 73.7 Å². The van der Waals surface area contributed by atoms with Crippen molar-refractivity contribution in [3.8, 4) is 17.1 Å². The zero-order valence-electron chi connectivity index (χ0n) is 23.3. The van der Waals surface area contributed by atoms with Gasteiger partial charge in [0.25, 0.3) is 0 Å². The molecule has 3 aromatic heterocycles. The first kappa shape index (κ1) is 27.2. The van der Waals surface area contributed by atoms with Crippen molar-refractivity contribution < 1.29 is 28.2 Å². The first-order valence-corrected chi connectivity index (χ1v) is 14.4. The number of nitrogens with zero attached hydrogens (tertiary/aromatic N) is 5. The smallest absolute Gasteiger partial charge is 0.335 e. The zero-order valence-corrected chi connectivity index (χ0v) is 23.3. The number of benzene rings is 2. The number of halogens is 2. The molecule has 0 amide bonds. The van der Waals surface area contributed by atoms with Gasteiger partial charge in [-0.3, -0.25) is 4.68 Å². The fourth-order valence-electron chi connectivity index (χ4n) is 5.71. The zero-order chi connectivity index (χ0) is 29.5. The summed E-state index contributed by atoms with van der Waals surface area (Å²) in [5.41, 5.74) is 3.71. The summed E-state index contributed by atoms with van der Waals surface area (Å²) < 4.78 is 46.3. The average molecular weight is 586 g/mol. The van der Waals surface area contributed by atoms with Gasteiger partial charge in [0.1, 0.15) is 29.8 Å².